The fourth-order valence-corrected chi connectivity index (χ4v) is 3.37. The van der Waals surface area contributed by atoms with Crippen LogP contribution in [0.2, 0.25) is 5.02 Å². The molecule has 1 N–H and O–H groups in total. The minimum absolute atomic E-state index is 0.0523. The molecule has 2 rings (SSSR count). The number of carbonyl (C=O) groups is 2. The summed E-state index contributed by atoms with van der Waals surface area (Å²) in [5.74, 6) is -0.722. The molecule has 7 heteroatoms. The number of hydrogen-bond acceptors (Lipinski definition) is 4. The number of nitrogens with one attached hydrogen (secondary N) is 1. The Kier molecular flexibility index (Phi) is 6.33. The molecule has 0 bridgehead atoms. The predicted octanol–water partition coefficient (Wildman–Crippen LogP) is 3.37. The smallest absolute Gasteiger partial charge is 0.264 e. The molecule has 0 saturated carbocycles. The van der Waals surface area contributed by atoms with E-state index in [1.54, 1.807) is 12.1 Å². The molecule has 132 valence electrons. The van der Waals surface area contributed by atoms with E-state index in [1.165, 1.54) is 31.2 Å². The Morgan fingerprint density at radius 3 is 2.16 bits per heavy atom. The molecule has 5 nitrogen and oxygen atoms in total. The quantitative estimate of drug-likeness (QED) is 0.748. The molecule has 0 aliphatic carbocycles. The van der Waals surface area contributed by atoms with E-state index in [0.717, 1.165) is 5.56 Å². The SMILES string of the molecule is CC(=O)c1ccc(S(=O)(=O)NC(=O)CCCc2ccc(Cl)cc2)cc1. The summed E-state index contributed by atoms with van der Waals surface area (Å²) < 4.78 is 26.4. The molecule has 0 atom stereocenters. The van der Waals surface area contributed by atoms with Gasteiger partial charge < -0.3 is 0 Å². The normalized spacial score (nSPS) is 11.1. The van der Waals surface area contributed by atoms with E-state index in [9.17, 15) is 18.0 Å². The largest absolute Gasteiger partial charge is 0.295 e. The summed E-state index contributed by atoms with van der Waals surface area (Å²) in [4.78, 5) is 23.0. The van der Waals surface area contributed by atoms with Crippen LogP contribution in [0.3, 0.4) is 0 Å². The summed E-state index contributed by atoms with van der Waals surface area (Å²) >= 11 is 5.80. The second-order valence-electron chi connectivity index (χ2n) is 5.59. The summed E-state index contributed by atoms with van der Waals surface area (Å²) in [5.41, 5.74) is 1.44. The molecule has 2 aromatic rings. The molecule has 0 heterocycles. The lowest BCUT2D eigenvalue weighted by molar-refractivity contribution is -0.119. The van der Waals surface area contributed by atoms with Crippen molar-refractivity contribution in [3.05, 3.63) is 64.7 Å². The Bertz CT molecular complexity index is 859. The fourth-order valence-electron chi connectivity index (χ4n) is 2.23. The first-order valence-corrected chi connectivity index (χ1v) is 9.55. The van der Waals surface area contributed by atoms with Crippen LogP contribution in [-0.2, 0) is 21.2 Å². The van der Waals surface area contributed by atoms with Crippen molar-refractivity contribution >= 4 is 33.3 Å². The van der Waals surface area contributed by atoms with E-state index in [1.807, 2.05) is 16.9 Å². The number of aryl methyl sites for hydroxylation is 1. The number of rotatable bonds is 7. The van der Waals surface area contributed by atoms with E-state index < -0.39 is 15.9 Å². The van der Waals surface area contributed by atoms with Crippen LogP contribution in [-0.4, -0.2) is 20.1 Å². The van der Waals surface area contributed by atoms with Crippen molar-refractivity contribution in [2.45, 2.75) is 31.1 Å². The second-order valence-corrected chi connectivity index (χ2v) is 7.71. The number of amides is 1. The maximum Gasteiger partial charge on any atom is 0.264 e. The van der Waals surface area contributed by atoms with Crippen molar-refractivity contribution in [2.75, 3.05) is 0 Å². The lowest BCUT2D eigenvalue weighted by Crippen LogP contribution is -2.30. The summed E-state index contributed by atoms with van der Waals surface area (Å²) in [7, 11) is -3.93. The standard InChI is InChI=1S/C18H18ClNO4S/c1-13(21)15-7-11-17(12-8-15)25(23,24)20-18(22)4-2-3-14-5-9-16(19)10-6-14/h5-12H,2-4H2,1H3,(H,20,22). The first-order chi connectivity index (χ1) is 11.8. The molecule has 1 amide bonds. The summed E-state index contributed by atoms with van der Waals surface area (Å²) in [5, 5.41) is 0.642. The number of ketones is 1. The van der Waals surface area contributed by atoms with Gasteiger partial charge in [0.2, 0.25) is 5.91 Å². The van der Waals surface area contributed by atoms with Gasteiger partial charge in [-0.25, -0.2) is 13.1 Å². The van der Waals surface area contributed by atoms with E-state index in [-0.39, 0.29) is 17.1 Å². The highest BCUT2D eigenvalue weighted by Crippen LogP contribution is 2.13. The van der Waals surface area contributed by atoms with Crippen molar-refractivity contribution in [3.63, 3.8) is 0 Å². The molecule has 0 unspecified atom stereocenters. The molecule has 0 saturated heterocycles. The first kappa shape index (κ1) is 19.1. The maximum absolute atomic E-state index is 12.2. The van der Waals surface area contributed by atoms with Gasteiger partial charge in [-0.05, 0) is 49.6 Å². The molecule has 0 aromatic heterocycles. The molecule has 25 heavy (non-hydrogen) atoms. The number of sulfonamides is 1. The van der Waals surface area contributed by atoms with Crippen molar-refractivity contribution < 1.29 is 18.0 Å². The molecule has 0 spiro atoms. The Morgan fingerprint density at radius 2 is 1.60 bits per heavy atom. The van der Waals surface area contributed by atoms with Gasteiger partial charge in [0, 0.05) is 17.0 Å². The fraction of sp³-hybridized carbons (Fsp3) is 0.222. The summed E-state index contributed by atoms with van der Waals surface area (Å²) in [6.07, 6.45) is 1.26. The van der Waals surface area contributed by atoms with Crippen LogP contribution < -0.4 is 4.72 Å². The molecule has 2 aromatic carbocycles. The zero-order valence-corrected chi connectivity index (χ0v) is 15.2. The van der Waals surface area contributed by atoms with Crippen molar-refractivity contribution in [2.24, 2.45) is 0 Å². The second kappa shape index (κ2) is 8.27. The molecular formula is C18H18ClNO4S. The Morgan fingerprint density at radius 1 is 1.00 bits per heavy atom. The number of hydrogen-bond donors (Lipinski definition) is 1. The van der Waals surface area contributed by atoms with Crippen LogP contribution >= 0.6 is 11.6 Å². The van der Waals surface area contributed by atoms with Gasteiger partial charge in [-0.1, -0.05) is 35.9 Å². The van der Waals surface area contributed by atoms with Crippen LogP contribution in [0.15, 0.2) is 53.4 Å². The Balaban J connectivity index is 1.89. The van der Waals surface area contributed by atoms with Gasteiger partial charge in [0.25, 0.3) is 10.0 Å². The van der Waals surface area contributed by atoms with Gasteiger partial charge in [-0.15, -0.1) is 0 Å². The molecular weight excluding hydrogens is 362 g/mol. The molecule has 0 fully saturated rings. The highest BCUT2D eigenvalue weighted by molar-refractivity contribution is 7.90. The zero-order chi connectivity index (χ0) is 18.4. The maximum atomic E-state index is 12.2. The topological polar surface area (TPSA) is 80.3 Å². The first-order valence-electron chi connectivity index (χ1n) is 7.69. The van der Waals surface area contributed by atoms with E-state index in [0.29, 0.717) is 23.4 Å². The molecule has 0 aliphatic rings. The van der Waals surface area contributed by atoms with E-state index >= 15 is 0 Å². The van der Waals surface area contributed by atoms with Crippen LogP contribution in [0.5, 0.6) is 0 Å². The lowest BCUT2D eigenvalue weighted by Gasteiger charge is -2.07. The average Bonchev–Trinajstić information content (AvgIpc) is 2.56. The van der Waals surface area contributed by atoms with Gasteiger partial charge in [-0.2, -0.15) is 0 Å². The van der Waals surface area contributed by atoms with Crippen molar-refractivity contribution in [1.82, 2.24) is 4.72 Å². The third-order valence-corrected chi connectivity index (χ3v) is 5.24. The van der Waals surface area contributed by atoms with Gasteiger partial charge in [0.1, 0.15) is 0 Å². The highest BCUT2D eigenvalue weighted by Gasteiger charge is 2.17. The third kappa shape index (κ3) is 5.69. The van der Waals surface area contributed by atoms with Crippen LogP contribution in [0.1, 0.15) is 35.7 Å². The minimum atomic E-state index is -3.93. The average molecular weight is 380 g/mol. The summed E-state index contributed by atoms with van der Waals surface area (Å²) in [6, 6.07) is 12.7. The highest BCUT2D eigenvalue weighted by atomic mass is 35.5. The Labute approximate surface area is 152 Å². The van der Waals surface area contributed by atoms with Gasteiger partial charge in [0.05, 0.1) is 4.90 Å². The number of carbonyl (C=O) groups excluding carboxylic acids is 2. The predicted molar refractivity (Wildman–Crippen MR) is 96.2 cm³/mol. The monoisotopic (exact) mass is 379 g/mol. The molecule has 0 radical (unpaired) electrons. The number of Topliss-reactive ketones (excluding diaryl/α,β-unsaturated/α-hetero) is 1. The van der Waals surface area contributed by atoms with Gasteiger partial charge >= 0.3 is 0 Å². The lowest BCUT2D eigenvalue weighted by atomic mass is 10.1. The van der Waals surface area contributed by atoms with E-state index in [2.05, 4.69) is 0 Å². The minimum Gasteiger partial charge on any atom is -0.295 e. The van der Waals surface area contributed by atoms with Gasteiger partial charge in [0.15, 0.2) is 5.78 Å². The third-order valence-electron chi connectivity index (χ3n) is 3.60. The van der Waals surface area contributed by atoms with Crippen molar-refractivity contribution in [3.8, 4) is 0 Å². The van der Waals surface area contributed by atoms with Gasteiger partial charge in [-0.3, -0.25) is 9.59 Å². The van der Waals surface area contributed by atoms with Crippen LogP contribution in [0, 0.1) is 0 Å². The number of benzene rings is 2. The van der Waals surface area contributed by atoms with E-state index in [4.69, 9.17) is 11.6 Å². The summed E-state index contributed by atoms with van der Waals surface area (Å²) in [6.45, 7) is 1.39. The van der Waals surface area contributed by atoms with Crippen LogP contribution in [0.4, 0.5) is 0 Å². The van der Waals surface area contributed by atoms with Crippen LogP contribution in [0.25, 0.3) is 0 Å². The zero-order valence-electron chi connectivity index (χ0n) is 13.7. The molecule has 0 aliphatic heterocycles. The number of halogens is 1. The van der Waals surface area contributed by atoms with Crippen molar-refractivity contribution in [1.29, 1.82) is 0 Å². The Hall–Kier alpha value is -2.18.